The molecule has 0 bridgehead atoms. The average Bonchev–Trinajstić information content (AvgIpc) is 2.97. The minimum Gasteiger partial charge on any atom is -0.467 e. The monoisotopic (exact) mass is 277 g/mol. The summed E-state index contributed by atoms with van der Waals surface area (Å²) >= 11 is 5.79. The number of furan rings is 1. The molecule has 1 heterocycles. The second-order valence-electron chi connectivity index (χ2n) is 4.23. The number of amides is 1. The van der Waals surface area contributed by atoms with Gasteiger partial charge in [0.15, 0.2) is 0 Å². The first-order valence-electron chi connectivity index (χ1n) is 6.21. The highest BCUT2D eigenvalue weighted by Gasteiger charge is 2.15. The maximum absolute atomic E-state index is 12.4. The summed E-state index contributed by atoms with van der Waals surface area (Å²) in [5.41, 5.74) is 1.60. The Kier molecular flexibility index (Phi) is 4.63. The van der Waals surface area contributed by atoms with Crippen molar-refractivity contribution in [2.24, 2.45) is 0 Å². The molecule has 19 heavy (non-hydrogen) atoms. The lowest BCUT2D eigenvalue weighted by Gasteiger charge is -2.20. The molecule has 0 spiro atoms. The van der Waals surface area contributed by atoms with E-state index in [-0.39, 0.29) is 5.91 Å². The molecule has 0 fully saturated rings. The Morgan fingerprint density at radius 1 is 1.32 bits per heavy atom. The van der Waals surface area contributed by atoms with E-state index in [1.54, 1.807) is 11.2 Å². The summed E-state index contributed by atoms with van der Waals surface area (Å²) < 4.78 is 5.28. The van der Waals surface area contributed by atoms with Crippen LogP contribution in [0, 0.1) is 0 Å². The average molecular weight is 278 g/mol. The zero-order valence-corrected chi connectivity index (χ0v) is 11.6. The standard InChI is InChI=1S/C15H16ClNO2/c1-2-17(11-14-7-4-8-19-14)15(18)13-6-3-5-12(9-13)10-16/h3-9H,2,10-11H2,1H3. The zero-order valence-electron chi connectivity index (χ0n) is 10.8. The van der Waals surface area contributed by atoms with Crippen LogP contribution in [0.1, 0.15) is 28.6 Å². The van der Waals surface area contributed by atoms with Gasteiger partial charge < -0.3 is 9.32 Å². The van der Waals surface area contributed by atoms with Crippen molar-refractivity contribution in [1.82, 2.24) is 4.90 Å². The van der Waals surface area contributed by atoms with Gasteiger partial charge in [0.05, 0.1) is 12.8 Å². The van der Waals surface area contributed by atoms with Crippen LogP contribution in [0.5, 0.6) is 0 Å². The van der Waals surface area contributed by atoms with E-state index in [4.69, 9.17) is 16.0 Å². The highest BCUT2D eigenvalue weighted by atomic mass is 35.5. The Morgan fingerprint density at radius 3 is 2.79 bits per heavy atom. The lowest BCUT2D eigenvalue weighted by Crippen LogP contribution is -2.30. The molecular weight excluding hydrogens is 262 g/mol. The molecule has 0 unspecified atom stereocenters. The van der Waals surface area contributed by atoms with E-state index in [1.165, 1.54) is 0 Å². The fraction of sp³-hybridized carbons (Fsp3) is 0.267. The van der Waals surface area contributed by atoms with Crippen LogP contribution in [0.25, 0.3) is 0 Å². The van der Waals surface area contributed by atoms with Gasteiger partial charge in [0.1, 0.15) is 5.76 Å². The molecule has 2 aromatic rings. The van der Waals surface area contributed by atoms with Gasteiger partial charge in [-0.2, -0.15) is 0 Å². The third kappa shape index (κ3) is 3.38. The van der Waals surface area contributed by atoms with Crippen LogP contribution in [0.3, 0.4) is 0 Å². The number of carbonyl (C=O) groups is 1. The Bertz CT molecular complexity index is 537. The smallest absolute Gasteiger partial charge is 0.254 e. The number of halogens is 1. The summed E-state index contributed by atoms with van der Waals surface area (Å²) in [5, 5.41) is 0. The summed E-state index contributed by atoms with van der Waals surface area (Å²) in [7, 11) is 0. The van der Waals surface area contributed by atoms with Crippen LogP contribution in [0.15, 0.2) is 47.1 Å². The summed E-state index contributed by atoms with van der Waals surface area (Å²) in [6, 6.07) is 11.1. The highest BCUT2D eigenvalue weighted by molar-refractivity contribution is 6.17. The van der Waals surface area contributed by atoms with Crippen molar-refractivity contribution in [3.63, 3.8) is 0 Å². The molecular formula is C15H16ClNO2. The van der Waals surface area contributed by atoms with E-state index in [1.807, 2.05) is 43.3 Å². The SMILES string of the molecule is CCN(Cc1ccco1)C(=O)c1cccc(CCl)c1. The van der Waals surface area contributed by atoms with Gasteiger partial charge in [-0.25, -0.2) is 0 Å². The summed E-state index contributed by atoms with van der Waals surface area (Å²) in [5.74, 6) is 1.18. The lowest BCUT2D eigenvalue weighted by molar-refractivity contribution is 0.0741. The Morgan fingerprint density at radius 2 is 2.16 bits per heavy atom. The molecule has 1 aromatic carbocycles. The number of carbonyl (C=O) groups excluding carboxylic acids is 1. The summed E-state index contributed by atoms with van der Waals surface area (Å²) in [4.78, 5) is 14.2. The van der Waals surface area contributed by atoms with E-state index in [9.17, 15) is 4.79 Å². The molecule has 1 amide bonds. The molecule has 1 aromatic heterocycles. The van der Waals surface area contributed by atoms with Gasteiger partial charge in [0, 0.05) is 18.0 Å². The van der Waals surface area contributed by atoms with Crippen LogP contribution in [-0.4, -0.2) is 17.4 Å². The first-order valence-corrected chi connectivity index (χ1v) is 6.74. The van der Waals surface area contributed by atoms with Crippen LogP contribution < -0.4 is 0 Å². The highest BCUT2D eigenvalue weighted by Crippen LogP contribution is 2.13. The second kappa shape index (κ2) is 6.43. The van der Waals surface area contributed by atoms with E-state index in [2.05, 4.69) is 0 Å². The molecule has 0 N–H and O–H groups in total. The number of rotatable bonds is 5. The fourth-order valence-corrected chi connectivity index (χ4v) is 2.05. The molecule has 0 saturated heterocycles. The van der Waals surface area contributed by atoms with Crippen molar-refractivity contribution in [3.05, 3.63) is 59.5 Å². The van der Waals surface area contributed by atoms with E-state index < -0.39 is 0 Å². The van der Waals surface area contributed by atoms with Crippen molar-refractivity contribution in [3.8, 4) is 0 Å². The Balaban J connectivity index is 2.15. The zero-order chi connectivity index (χ0) is 13.7. The topological polar surface area (TPSA) is 33.5 Å². The van der Waals surface area contributed by atoms with Crippen molar-refractivity contribution < 1.29 is 9.21 Å². The molecule has 4 heteroatoms. The minimum absolute atomic E-state index is 0.00846. The fourth-order valence-electron chi connectivity index (χ4n) is 1.89. The minimum atomic E-state index is -0.00846. The maximum Gasteiger partial charge on any atom is 0.254 e. The lowest BCUT2D eigenvalue weighted by atomic mass is 10.1. The van der Waals surface area contributed by atoms with Crippen molar-refractivity contribution in [2.45, 2.75) is 19.3 Å². The van der Waals surface area contributed by atoms with Gasteiger partial charge in [0.2, 0.25) is 0 Å². The van der Waals surface area contributed by atoms with Gasteiger partial charge in [-0.15, -0.1) is 11.6 Å². The van der Waals surface area contributed by atoms with E-state index >= 15 is 0 Å². The molecule has 3 nitrogen and oxygen atoms in total. The van der Waals surface area contributed by atoms with Crippen molar-refractivity contribution in [2.75, 3.05) is 6.54 Å². The first-order chi connectivity index (χ1) is 9.24. The molecule has 0 saturated carbocycles. The number of hydrogen-bond donors (Lipinski definition) is 0. The summed E-state index contributed by atoms with van der Waals surface area (Å²) in [6.07, 6.45) is 1.61. The number of hydrogen-bond acceptors (Lipinski definition) is 2. The normalized spacial score (nSPS) is 10.4. The van der Waals surface area contributed by atoms with E-state index in [0.29, 0.717) is 24.5 Å². The number of benzene rings is 1. The Hall–Kier alpha value is -1.74. The first kappa shape index (κ1) is 13.7. The molecule has 0 aliphatic rings. The van der Waals surface area contributed by atoms with E-state index in [0.717, 1.165) is 11.3 Å². The molecule has 0 atom stereocenters. The Labute approximate surface area is 117 Å². The van der Waals surface area contributed by atoms with Gasteiger partial charge in [-0.3, -0.25) is 4.79 Å². The summed E-state index contributed by atoms with van der Waals surface area (Å²) in [6.45, 7) is 3.06. The predicted octanol–water partition coefficient (Wildman–Crippen LogP) is 3.68. The molecule has 0 radical (unpaired) electrons. The van der Waals surface area contributed by atoms with Crippen LogP contribution in [0.2, 0.25) is 0 Å². The van der Waals surface area contributed by atoms with Crippen molar-refractivity contribution >= 4 is 17.5 Å². The molecule has 0 aliphatic carbocycles. The number of alkyl halides is 1. The third-order valence-electron chi connectivity index (χ3n) is 2.92. The predicted molar refractivity (Wildman–Crippen MR) is 75.1 cm³/mol. The molecule has 100 valence electrons. The van der Waals surface area contributed by atoms with Gasteiger partial charge in [0.25, 0.3) is 5.91 Å². The van der Waals surface area contributed by atoms with Gasteiger partial charge in [-0.05, 0) is 36.8 Å². The van der Waals surface area contributed by atoms with Crippen LogP contribution in [0.4, 0.5) is 0 Å². The maximum atomic E-state index is 12.4. The quantitative estimate of drug-likeness (QED) is 0.781. The van der Waals surface area contributed by atoms with Crippen molar-refractivity contribution in [1.29, 1.82) is 0 Å². The van der Waals surface area contributed by atoms with Gasteiger partial charge >= 0.3 is 0 Å². The largest absolute Gasteiger partial charge is 0.467 e. The second-order valence-corrected chi connectivity index (χ2v) is 4.50. The van der Waals surface area contributed by atoms with Crippen LogP contribution in [-0.2, 0) is 12.4 Å². The molecule has 0 aliphatic heterocycles. The third-order valence-corrected chi connectivity index (χ3v) is 3.23. The number of nitrogens with zero attached hydrogens (tertiary/aromatic N) is 1. The molecule has 2 rings (SSSR count). The van der Waals surface area contributed by atoms with Gasteiger partial charge in [-0.1, -0.05) is 12.1 Å². The van der Waals surface area contributed by atoms with Crippen LogP contribution >= 0.6 is 11.6 Å².